The summed E-state index contributed by atoms with van der Waals surface area (Å²) in [5.74, 6) is 1.80. The Morgan fingerprint density at radius 1 is 1.43 bits per heavy atom. The topological polar surface area (TPSA) is 28.4 Å². The Hall–Kier alpha value is -0.800. The minimum atomic E-state index is 0.406. The van der Waals surface area contributed by atoms with Crippen LogP contribution in [0.25, 0.3) is 0 Å². The zero-order valence-electron chi connectivity index (χ0n) is 14.2. The fraction of sp³-hybridized carbons (Fsp3) is 0.778. The third-order valence-electron chi connectivity index (χ3n) is 4.88. The predicted octanol–water partition coefficient (Wildman–Crippen LogP) is 3.91. The summed E-state index contributed by atoms with van der Waals surface area (Å²) in [7, 11) is 2.21. The second-order valence-corrected chi connectivity index (χ2v) is 7.35. The van der Waals surface area contributed by atoms with E-state index >= 15 is 0 Å². The Balaban J connectivity index is 1.94. The van der Waals surface area contributed by atoms with Crippen molar-refractivity contribution in [1.82, 2.24) is 10.2 Å². The Labute approximate surface area is 130 Å². The second-order valence-electron chi connectivity index (χ2n) is 7.35. The number of furan rings is 1. The van der Waals surface area contributed by atoms with Crippen molar-refractivity contribution in [2.24, 2.45) is 11.3 Å². The molecule has 1 saturated carbocycles. The van der Waals surface area contributed by atoms with Gasteiger partial charge in [-0.3, -0.25) is 4.90 Å². The molecule has 1 aliphatic carbocycles. The molecule has 0 radical (unpaired) electrons. The molecule has 0 saturated heterocycles. The molecule has 21 heavy (non-hydrogen) atoms. The van der Waals surface area contributed by atoms with E-state index in [0.717, 1.165) is 31.3 Å². The van der Waals surface area contributed by atoms with Gasteiger partial charge in [-0.2, -0.15) is 0 Å². The van der Waals surface area contributed by atoms with Crippen molar-refractivity contribution in [3.8, 4) is 0 Å². The van der Waals surface area contributed by atoms with E-state index in [1.807, 2.05) is 6.07 Å². The first-order chi connectivity index (χ1) is 10.0. The molecule has 0 bridgehead atoms. The number of hydrogen-bond acceptors (Lipinski definition) is 3. The van der Waals surface area contributed by atoms with Crippen molar-refractivity contribution in [3.05, 3.63) is 24.2 Å². The van der Waals surface area contributed by atoms with Gasteiger partial charge in [0.25, 0.3) is 0 Å². The highest BCUT2D eigenvalue weighted by atomic mass is 16.3. The summed E-state index contributed by atoms with van der Waals surface area (Å²) in [4.78, 5) is 2.41. The van der Waals surface area contributed by atoms with Crippen molar-refractivity contribution in [2.75, 3.05) is 20.1 Å². The van der Waals surface area contributed by atoms with Gasteiger partial charge in [0.2, 0.25) is 0 Å². The highest BCUT2D eigenvalue weighted by Gasteiger charge is 2.38. The molecule has 2 atom stereocenters. The number of nitrogens with zero attached hydrogens (tertiary/aromatic N) is 1. The van der Waals surface area contributed by atoms with Gasteiger partial charge in [-0.25, -0.2) is 0 Å². The molecule has 1 aromatic rings. The van der Waals surface area contributed by atoms with Gasteiger partial charge >= 0.3 is 0 Å². The molecular weight excluding hydrogens is 260 g/mol. The lowest BCUT2D eigenvalue weighted by molar-refractivity contribution is 0.0822. The van der Waals surface area contributed by atoms with E-state index in [4.69, 9.17) is 4.42 Å². The zero-order valence-corrected chi connectivity index (χ0v) is 14.2. The van der Waals surface area contributed by atoms with E-state index in [-0.39, 0.29) is 0 Å². The molecule has 1 N–H and O–H groups in total. The molecule has 3 nitrogen and oxygen atoms in total. The molecule has 1 aliphatic rings. The van der Waals surface area contributed by atoms with Gasteiger partial charge in [0.05, 0.1) is 12.8 Å². The lowest BCUT2D eigenvalue weighted by Crippen LogP contribution is -2.52. The van der Waals surface area contributed by atoms with Crippen LogP contribution in [0.2, 0.25) is 0 Å². The molecule has 2 unspecified atom stereocenters. The summed E-state index contributed by atoms with van der Waals surface area (Å²) < 4.78 is 5.47. The molecule has 1 heterocycles. The Morgan fingerprint density at radius 2 is 2.24 bits per heavy atom. The number of nitrogens with one attached hydrogen (secondary N) is 1. The summed E-state index contributed by atoms with van der Waals surface area (Å²) in [5.41, 5.74) is 0.406. The van der Waals surface area contributed by atoms with Gasteiger partial charge in [-0.1, -0.05) is 27.2 Å². The third-order valence-corrected chi connectivity index (χ3v) is 4.88. The van der Waals surface area contributed by atoms with Crippen molar-refractivity contribution < 1.29 is 4.42 Å². The van der Waals surface area contributed by atoms with E-state index in [1.165, 1.54) is 25.7 Å². The molecule has 0 aromatic carbocycles. The van der Waals surface area contributed by atoms with E-state index in [1.54, 1.807) is 6.26 Å². The maximum Gasteiger partial charge on any atom is 0.117 e. The van der Waals surface area contributed by atoms with Gasteiger partial charge in [-0.05, 0) is 56.3 Å². The minimum absolute atomic E-state index is 0.406. The summed E-state index contributed by atoms with van der Waals surface area (Å²) in [5, 5.41) is 3.83. The maximum absolute atomic E-state index is 5.47. The van der Waals surface area contributed by atoms with E-state index < -0.39 is 0 Å². The van der Waals surface area contributed by atoms with Crippen LogP contribution in [0.1, 0.15) is 52.2 Å². The lowest BCUT2D eigenvalue weighted by atomic mass is 9.67. The molecule has 1 fully saturated rings. The molecule has 0 aliphatic heterocycles. The monoisotopic (exact) mass is 292 g/mol. The first kappa shape index (κ1) is 16.6. The molecule has 1 aromatic heterocycles. The summed E-state index contributed by atoms with van der Waals surface area (Å²) in [6, 6.07) is 4.66. The Kier molecular flexibility index (Phi) is 5.88. The van der Waals surface area contributed by atoms with Crippen molar-refractivity contribution >= 4 is 0 Å². The summed E-state index contributed by atoms with van der Waals surface area (Å²) in [6.07, 6.45) is 7.01. The van der Waals surface area contributed by atoms with Crippen LogP contribution in [-0.4, -0.2) is 31.1 Å². The number of hydrogen-bond donors (Lipinski definition) is 1. The van der Waals surface area contributed by atoms with Crippen molar-refractivity contribution in [2.45, 2.75) is 59.0 Å². The summed E-state index contributed by atoms with van der Waals surface area (Å²) in [6.45, 7) is 10.3. The van der Waals surface area contributed by atoms with Crippen LogP contribution in [0.5, 0.6) is 0 Å². The largest absolute Gasteiger partial charge is 0.468 e. The van der Waals surface area contributed by atoms with E-state index in [2.05, 4.69) is 44.1 Å². The fourth-order valence-electron chi connectivity index (χ4n) is 3.85. The average molecular weight is 292 g/mol. The number of rotatable bonds is 7. The third kappa shape index (κ3) is 4.58. The molecular formula is C18H32N2O. The zero-order chi connectivity index (χ0) is 15.3. The minimum Gasteiger partial charge on any atom is -0.468 e. The second kappa shape index (κ2) is 7.46. The SMILES string of the molecule is CCCNC1C(CN(C)Cc2ccco2)CCCC1(C)C. The maximum atomic E-state index is 5.47. The van der Waals surface area contributed by atoms with Crippen molar-refractivity contribution in [1.29, 1.82) is 0 Å². The van der Waals surface area contributed by atoms with Crippen LogP contribution in [0.4, 0.5) is 0 Å². The van der Waals surface area contributed by atoms with E-state index in [0.29, 0.717) is 11.5 Å². The molecule has 120 valence electrons. The first-order valence-electron chi connectivity index (χ1n) is 8.47. The predicted molar refractivity (Wildman–Crippen MR) is 88.2 cm³/mol. The Bertz CT molecular complexity index is 399. The normalized spacial score (nSPS) is 25.4. The first-order valence-corrected chi connectivity index (χ1v) is 8.47. The van der Waals surface area contributed by atoms with Crippen LogP contribution in [0.3, 0.4) is 0 Å². The highest BCUT2D eigenvalue weighted by Crippen LogP contribution is 2.39. The van der Waals surface area contributed by atoms with Gasteiger partial charge < -0.3 is 9.73 Å². The lowest BCUT2D eigenvalue weighted by Gasteiger charge is -2.45. The van der Waals surface area contributed by atoms with E-state index in [9.17, 15) is 0 Å². The molecule has 2 rings (SSSR count). The van der Waals surface area contributed by atoms with Crippen LogP contribution in [0, 0.1) is 11.3 Å². The molecule has 3 heteroatoms. The standard InChI is InChI=1S/C18H32N2O/c1-5-11-19-17-15(8-6-10-18(17,2)3)13-20(4)14-16-9-7-12-21-16/h7,9,12,15,17,19H,5-6,8,10-11,13-14H2,1-4H3. The van der Waals surface area contributed by atoms with Crippen LogP contribution in [0.15, 0.2) is 22.8 Å². The average Bonchev–Trinajstić information content (AvgIpc) is 2.90. The van der Waals surface area contributed by atoms with Crippen LogP contribution in [-0.2, 0) is 6.54 Å². The highest BCUT2D eigenvalue weighted by molar-refractivity contribution is 4.99. The van der Waals surface area contributed by atoms with Crippen LogP contribution < -0.4 is 5.32 Å². The quantitative estimate of drug-likeness (QED) is 0.826. The smallest absolute Gasteiger partial charge is 0.117 e. The van der Waals surface area contributed by atoms with Crippen LogP contribution >= 0.6 is 0 Å². The van der Waals surface area contributed by atoms with Gasteiger partial charge in [0, 0.05) is 12.6 Å². The van der Waals surface area contributed by atoms with Crippen molar-refractivity contribution in [3.63, 3.8) is 0 Å². The van der Waals surface area contributed by atoms with Gasteiger partial charge in [-0.15, -0.1) is 0 Å². The molecule has 0 amide bonds. The Morgan fingerprint density at radius 3 is 2.90 bits per heavy atom. The molecule has 0 spiro atoms. The fourth-order valence-corrected chi connectivity index (χ4v) is 3.85. The summed E-state index contributed by atoms with van der Waals surface area (Å²) >= 11 is 0. The van der Waals surface area contributed by atoms with Gasteiger partial charge in [0.1, 0.15) is 5.76 Å². The van der Waals surface area contributed by atoms with Gasteiger partial charge in [0.15, 0.2) is 0 Å².